The van der Waals surface area contributed by atoms with Gasteiger partial charge < -0.3 is 9.84 Å². The maximum atomic E-state index is 12.6. The topological polar surface area (TPSA) is 102 Å². The Labute approximate surface area is 214 Å². The Morgan fingerprint density at radius 3 is 2.36 bits per heavy atom. The van der Waals surface area contributed by atoms with Crippen LogP contribution >= 0.6 is 11.8 Å². The molecule has 0 saturated heterocycles. The van der Waals surface area contributed by atoms with E-state index in [2.05, 4.69) is 20.7 Å². The Hall–Kier alpha value is -4.11. The molecule has 1 amide bonds. The highest BCUT2D eigenvalue weighted by molar-refractivity contribution is 7.99. The number of nitrogens with one attached hydrogen (secondary N) is 1. The van der Waals surface area contributed by atoms with Gasteiger partial charge in [0.25, 0.3) is 5.91 Å². The summed E-state index contributed by atoms with van der Waals surface area (Å²) in [5, 5.41) is 23.2. The van der Waals surface area contributed by atoms with Gasteiger partial charge in [-0.05, 0) is 79.6 Å². The Bertz CT molecular complexity index is 1350. The van der Waals surface area contributed by atoms with Gasteiger partial charge in [-0.3, -0.25) is 9.36 Å². The summed E-state index contributed by atoms with van der Waals surface area (Å²) < 4.78 is 7.21. The first kappa shape index (κ1) is 25.0. The highest BCUT2D eigenvalue weighted by atomic mass is 32.2. The van der Waals surface area contributed by atoms with Gasteiger partial charge in [-0.25, -0.2) is 5.43 Å². The van der Waals surface area contributed by atoms with Gasteiger partial charge in [0.15, 0.2) is 11.0 Å². The number of aromatic nitrogens is 3. The second-order valence-electron chi connectivity index (χ2n) is 7.99. The fraction of sp³-hybridized carbons (Fsp3) is 0.185. The Balaban J connectivity index is 1.54. The van der Waals surface area contributed by atoms with Gasteiger partial charge in [-0.1, -0.05) is 36.4 Å². The van der Waals surface area contributed by atoms with E-state index in [1.165, 1.54) is 11.8 Å². The molecule has 3 aromatic carbocycles. The van der Waals surface area contributed by atoms with Gasteiger partial charge in [-0.15, -0.1) is 10.2 Å². The number of thioether (sulfide) groups is 1. The smallest absolute Gasteiger partial charge is 0.250 e. The highest BCUT2D eigenvalue weighted by Gasteiger charge is 2.17. The van der Waals surface area contributed by atoms with E-state index < -0.39 is 0 Å². The molecule has 184 valence electrons. The van der Waals surface area contributed by atoms with Crippen LogP contribution in [0.2, 0.25) is 0 Å². The van der Waals surface area contributed by atoms with Crippen LogP contribution in [0.5, 0.6) is 11.5 Å². The van der Waals surface area contributed by atoms with Gasteiger partial charge in [0, 0.05) is 11.3 Å². The molecule has 0 unspecified atom stereocenters. The minimum absolute atomic E-state index is 0.114. The number of hydrogen-bond donors (Lipinski definition) is 2. The second-order valence-corrected chi connectivity index (χ2v) is 8.93. The molecule has 0 aliphatic rings. The normalized spacial score (nSPS) is 11.4. The molecule has 0 fully saturated rings. The van der Waals surface area contributed by atoms with Crippen molar-refractivity contribution in [3.63, 3.8) is 0 Å². The number of carbonyl (C=O) groups excluding carboxylic acids is 1. The number of methoxy groups -OCH3 is 1. The van der Waals surface area contributed by atoms with Gasteiger partial charge in [0.1, 0.15) is 11.5 Å². The molecule has 9 heteroatoms. The molecule has 0 aliphatic carbocycles. The number of nitrogens with zero attached hydrogens (tertiary/aromatic N) is 4. The number of phenolic OH excluding ortho intramolecular Hbond substituents is 1. The summed E-state index contributed by atoms with van der Waals surface area (Å²) in [4.78, 5) is 12.6. The maximum Gasteiger partial charge on any atom is 0.250 e. The summed E-state index contributed by atoms with van der Waals surface area (Å²) in [6, 6.07) is 22.4. The predicted molar refractivity (Wildman–Crippen MR) is 142 cm³/mol. The third kappa shape index (κ3) is 5.92. The lowest BCUT2D eigenvalue weighted by molar-refractivity contribution is -0.118. The molecule has 0 bridgehead atoms. The quantitative estimate of drug-likeness (QED) is 0.191. The number of aryl methyl sites for hydroxylation is 1. The summed E-state index contributed by atoms with van der Waals surface area (Å²) in [5.41, 5.74) is 7.11. The SMILES string of the molecule is CC/C(=N/NC(=O)CSc1nnc(-c2ccc(OC)cc2)n1-c1ccc(C)cc1)c1ccc(O)cc1. The number of hydrazone groups is 1. The minimum Gasteiger partial charge on any atom is -0.508 e. The van der Waals surface area contributed by atoms with Crippen molar-refractivity contribution in [2.75, 3.05) is 12.9 Å². The minimum atomic E-state index is -0.255. The van der Waals surface area contributed by atoms with Crippen molar-refractivity contribution in [3.8, 4) is 28.6 Å². The van der Waals surface area contributed by atoms with E-state index in [0.29, 0.717) is 17.4 Å². The molecule has 8 nitrogen and oxygen atoms in total. The molecule has 1 aromatic heterocycles. The Morgan fingerprint density at radius 1 is 1.03 bits per heavy atom. The summed E-state index contributed by atoms with van der Waals surface area (Å²) in [6.07, 6.45) is 0.630. The van der Waals surface area contributed by atoms with E-state index in [9.17, 15) is 9.90 Å². The molecule has 1 heterocycles. The average Bonchev–Trinajstić information content (AvgIpc) is 3.33. The zero-order chi connectivity index (χ0) is 25.5. The van der Waals surface area contributed by atoms with Crippen LogP contribution in [-0.4, -0.2) is 44.4 Å². The lowest BCUT2D eigenvalue weighted by Gasteiger charge is -2.11. The number of hydrogen-bond acceptors (Lipinski definition) is 7. The molecule has 36 heavy (non-hydrogen) atoms. The van der Waals surface area contributed by atoms with Crippen molar-refractivity contribution in [2.24, 2.45) is 5.10 Å². The van der Waals surface area contributed by atoms with Crippen molar-refractivity contribution in [3.05, 3.63) is 83.9 Å². The largest absolute Gasteiger partial charge is 0.508 e. The van der Waals surface area contributed by atoms with Crippen LogP contribution in [0.25, 0.3) is 17.1 Å². The molecule has 0 radical (unpaired) electrons. The number of ether oxygens (including phenoxy) is 1. The second kappa shape index (κ2) is 11.5. The molecule has 0 spiro atoms. The average molecular weight is 502 g/mol. The molecule has 2 N–H and O–H groups in total. The summed E-state index contributed by atoms with van der Waals surface area (Å²) in [6.45, 7) is 3.99. The Morgan fingerprint density at radius 2 is 1.72 bits per heavy atom. The van der Waals surface area contributed by atoms with Crippen LogP contribution in [0.4, 0.5) is 0 Å². The number of phenols is 1. The highest BCUT2D eigenvalue weighted by Crippen LogP contribution is 2.29. The fourth-order valence-electron chi connectivity index (χ4n) is 3.51. The van der Waals surface area contributed by atoms with E-state index in [1.54, 1.807) is 31.4 Å². The molecule has 4 rings (SSSR count). The van der Waals surface area contributed by atoms with E-state index in [0.717, 1.165) is 33.8 Å². The summed E-state index contributed by atoms with van der Waals surface area (Å²) in [7, 11) is 1.63. The summed E-state index contributed by atoms with van der Waals surface area (Å²) >= 11 is 1.28. The first-order valence-corrected chi connectivity index (χ1v) is 12.4. The van der Waals surface area contributed by atoms with Crippen molar-refractivity contribution >= 4 is 23.4 Å². The van der Waals surface area contributed by atoms with E-state index in [-0.39, 0.29) is 17.4 Å². The van der Waals surface area contributed by atoms with Crippen LogP contribution in [0.1, 0.15) is 24.5 Å². The standard InChI is InChI=1S/C27H27N5O3S/c1-4-24(19-7-13-22(33)14-8-19)28-29-25(34)17-36-27-31-30-26(20-9-15-23(35-3)16-10-20)32(27)21-11-5-18(2)6-12-21/h5-16,33H,4,17H2,1-3H3,(H,29,34)/b28-24-. The lowest BCUT2D eigenvalue weighted by Crippen LogP contribution is -2.22. The lowest BCUT2D eigenvalue weighted by atomic mass is 10.1. The van der Waals surface area contributed by atoms with Gasteiger partial charge in [-0.2, -0.15) is 5.10 Å². The number of amides is 1. The van der Waals surface area contributed by atoms with Crippen LogP contribution in [0, 0.1) is 6.92 Å². The van der Waals surface area contributed by atoms with Crippen LogP contribution < -0.4 is 10.2 Å². The molecular formula is C27H27N5O3S. The first-order valence-electron chi connectivity index (χ1n) is 11.4. The monoisotopic (exact) mass is 501 g/mol. The van der Waals surface area contributed by atoms with Crippen molar-refractivity contribution in [1.29, 1.82) is 0 Å². The zero-order valence-electron chi connectivity index (χ0n) is 20.3. The maximum absolute atomic E-state index is 12.6. The first-order chi connectivity index (χ1) is 17.5. The summed E-state index contributed by atoms with van der Waals surface area (Å²) in [5.74, 6) is 1.46. The van der Waals surface area contributed by atoms with E-state index in [4.69, 9.17) is 4.74 Å². The molecule has 0 saturated carbocycles. The van der Waals surface area contributed by atoms with E-state index in [1.807, 2.05) is 66.9 Å². The van der Waals surface area contributed by atoms with Crippen molar-refractivity contribution in [1.82, 2.24) is 20.2 Å². The zero-order valence-corrected chi connectivity index (χ0v) is 21.1. The van der Waals surface area contributed by atoms with Crippen molar-refractivity contribution < 1.29 is 14.6 Å². The van der Waals surface area contributed by atoms with Crippen LogP contribution in [0.3, 0.4) is 0 Å². The van der Waals surface area contributed by atoms with Gasteiger partial charge in [0.05, 0.1) is 18.6 Å². The molecule has 0 aliphatic heterocycles. The van der Waals surface area contributed by atoms with Crippen molar-refractivity contribution in [2.45, 2.75) is 25.4 Å². The number of benzene rings is 3. The number of rotatable bonds is 9. The van der Waals surface area contributed by atoms with Gasteiger partial charge in [0.2, 0.25) is 0 Å². The number of carbonyl (C=O) groups is 1. The van der Waals surface area contributed by atoms with Gasteiger partial charge >= 0.3 is 0 Å². The molecule has 4 aromatic rings. The predicted octanol–water partition coefficient (Wildman–Crippen LogP) is 4.98. The van der Waals surface area contributed by atoms with Crippen LogP contribution in [-0.2, 0) is 4.79 Å². The number of aromatic hydroxyl groups is 1. The molecule has 0 atom stereocenters. The third-order valence-electron chi connectivity index (χ3n) is 5.46. The van der Waals surface area contributed by atoms with Crippen LogP contribution in [0.15, 0.2) is 83.1 Å². The van der Waals surface area contributed by atoms with E-state index >= 15 is 0 Å². The third-order valence-corrected chi connectivity index (χ3v) is 6.39. The fourth-order valence-corrected chi connectivity index (χ4v) is 4.26. The molecular weight excluding hydrogens is 474 g/mol. The Kier molecular flexibility index (Phi) is 8.02.